The summed E-state index contributed by atoms with van der Waals surface area (Å²) in [6.07, 6.45) is 0. The summed E-state index contributed by atoms with van der Waals surface area (Å²) in [7, 11) is 3.17. The van der Waals surface area contributed by atoms with Crippen LogP contribution in [0.3, 0.4) is 0 Å². The molecule has 5 nitrogen and oxygen atoms in total. The van der Waals surface area contributed by atoms with E-state index in [1.54, 1.807) is 19.2 Å². The third-order valence-corrected chi connectivity index (χ3v) is 5.25. The van der Waals surface area contributed by atoms with E-state index in [0.29, 0.717) is 60.2 Å². The van der Waals surface area contributed by atoms with Crippen molar-refractivity contribution < 1.29 is 19.0 Å². The highest BCUT2D eigenvalue weighted by molar-refractivity contribution is 6.37. The van der Waals surface area contributed by atoms with Crippen molar-refractivity contribution in [1.82, 2.24) is 4.90 Å². The van der Waals surface area contributed by atoms with Crippen LogP contribution in [-0.4, -0.2) is 57.9 Å². The van der Waals surface area contributed by atoms with Crippen LogP contribution >= 0.6 is 23.2 Å². The number of amides is 1. The van der Waals surface area contributed by atoms with Gasteiger partial charge >= 0.3 is 0 Å². The summed E-state index contributed by atoms with van der Waals surface area (Å²) in [5.74, 6) is 0.601. The Kier molecular flexibility index (Phi) is 4.74. The Labute approximate surface area is 145 Å². The van der Waals surface area contributed by atoms with Crippen molar-refractivity contribution in [2.24, 2.45) is 11.3 Å². The SMILES string of the molecule is COC[C@@]12COC[C@@H]1CN(C(=O)c1cc(Cl)c(OC)c(Cl)c1)C2. The van der Waals surface area contributed by atoms with Crippen LogP contribution in [0.25, 0.3) is 0 Å². The second kappa shape index (κ2) is 6.48. The highest BCUT2D eigenvalue weighted by Crippen LogP contribution is 2.42. The summed E-state index contributed by atoms with van der Waals surface area (Å²) in [5.41, 5.74) is 0.360. The molecule has 1 amide bonds. The highest BCUT2D eigenvalue weighted by Gasteiger charge is 2.52. The lowest BCUT2D eigenvalue weighted by molar-refractivity contribution is 0.0489. The molecule has 1 aromatic carbocycles. The molecule has 0 saturated carbocycles. The maximum absolute atomic E-state index is 12.8. The van der Waals surface area contributed by atoms with Crippen LogP contribution in [0.1, 0.15) is 10.4 Å². The maximum Gasteiger partial charge on any atom is 0.253 e. The van der Waals surface area contributed by atoms with Crippen LogP contribution in [0.2, 0.25) is 10.0 Å². The first-order valence-corrected chi connectivity index (χ1v) is 8.15. The average molecular weight is 360 g/mol. The van der Waals surface area contributed by atoms with E-state index in [4.69, 9.17) is 37.4 Å². The zero-order chi connectivity index (χ0) is 16.6. The van der Waals surface area contributed by atoms with Crippen LogP contribution in [0.5, 0.6) is 5.75 Å². The molecular formula is C16H19Cl2NO4. The van der Waals surface area contributed by atoms with Crippen LogP contribution in [0.15, 0.2) is 12.1 Å². The molecule has 2 fully saturated rings. The van der Waals surface area contributed by atoms with Gasteiger partial charge in [-0.05, 0) is 12.1 Å². The van der Waals surface area contributed by atoms with Gasteiger partial charge in [0.25, 0.3) is 5.91 Å². The van der Waals surface area contributed by atoms with E-state index in [1.165, 1.54) is 7.11 Å². The number of carbonyl (C=O) groups is 1. The van der Waals surface area contributed by atoms with Crippen LogP contribution in [0, 0.1) is 11.3 Å². The highest BCUT2D eigenvalue weighted by atomic mass is 35.5. The molecule has 2 saturated heterocycles. The lowest BCUT2D eigenvalue weighted by Gasteiger charge is -2.26. The van der Waals surface area contributed by atoms with Crippen molar-refractivity contribution in [2.45, 2.75) is 0 Å². The number of carbonyl (C=O) groups excluding carboxylic acids is 1. The second-order valence-corrected chi connectivity index (χ2v) is 6.98. The van der Waals surface area contributed by atoms with Gasteiger partial charge in [-0.1, -0.05) is 23.2 Å². The summed E-state index contributed by atoms with van der Waals surface area (Å²) in [5, 5.41) is 0.662. The Morgan fingerprint density at radius 1 is 1.39 bits per heavy atom. The van der Waals surface area contributed by atoms with E-state index in [2.05, 4.69) is 0 Å². The van der Waals surface area contributed by atoms with Crippen molar-refractivity contribution in [3.8, 4) is 5.75 Å². The molecule has 0 bridgehead atoms. The van der Waals surface area contributed by atoms with E-state index in [-0.39, 0.29) is 11.3 Å². The fourth-order valence-corrected chi connectivity index (χ4v) is 4.18. The molecule has 0 aliphatic carbocycles. The molecule has 0 aromatic heterocycles. The average Bonchev–Trinajstić information content (AvgIpc) is 3.03. The first-order chi connectivity index (χ1) is 11.0. The zero-order valence-corrected chi connectivity index (χ0v) is 14.6. The van der Waals surface area contributed by atoms with E-state index in [9.17, 15) is 4.79 Å². The molecule has 2 aliphatic rings. The van der Waals surface area contributed by atoms with E-state index in [1.807, 2.05) is 4.90 Å². The minimum absolute atomic E-state index is 0.0821. The van der Waals surface area contributed by atoms with Crippen molar-refractivity contribution in [2.75, 3.05) is 47.1 Å². The number of rotatable bonds is 4. The number of nitrogens with zero attached hydrogens (tertiary/aromatic N) is 1. The van der Waals surface area contributed by atoms with Crippen molar-refractivity contribution in [1.29, 1.82) is 0 Å². The molecule has 126 valence electrons. The number of fused-ring (bicyclic) bond motifs is 1. The summed E-state index contributed by atoms with van der Waals surface area (Å²) in [4.78, 5) is 14.6. The lowest BCUT2D eigenvalue weighted by Crippen LogP contribution is -2.37. The monoisotopic (exact) mass is 359 g/mol. The van der Waals surface area contributed by atoms with Gasteiger partial charge in [-0.15, -0.1) is 0 Å². The summed E-state index contributed by atoms with van der Waals surface area (Å²) in [6.45, 7) is 3.15. The van der Waals surface area contributed by atoms with Gasteiger partial charge in [0.2, 0.25) is 0 Å². The van der Waals surface area contributed by atoms with E-state index in [0.717, 1.165) is 0 Å². The minimum atomic E-state index is -0.107. The van der Waals surface area contributed by atoms with Crippen molar-refractivity contribution in [3.63, 3.8) is 0 Å². The molecule has 2 heterocycles. The molecule has 1 aromatic rings. The molecule has 2 atom stereocenters. The van der Waals surface area contributed by atoms with Crippen molar-refractivity contribution >= 4 is 29.1 Å². The van der Waals surface area contributed by atoms with Gasteiger partial charge in [0, 0.05) is 37.1 Å². The molecule has 7 heteroatoms. The number of halogens is 2. The predicted octanol–water partition coefficient (Wildman–Crippen LogP) is 2.74. The molecule has 3 rings (SSSR count). The largest absolute Gasteiger partial charge is 0.494 e. The summed E-state index contributed by atoms with van der Waals surface area (Å²) >= 11 is 12.3. The first-order valence-electron chi connectivity index (χ1n) is 7.40. The van der Waals surface area contributed by atoms with Gasteiger partial charge in [0.1, 0.15) is 0 Å². The summed E-state index contributed by atoms with van der Waals surface area (Å²) < 4.78 is 16.1. The third-order valence-electron chi connectivity index (χ3n) is 4.69. The molecule has 2 aliphatic heterocycles. The lowest BCUT2D eigenvalue weighted by atomic mass is 9.82. The number of benzene rings is 1. The number of hydrogen-bond acceptors (Lipinski definition) is 4. The molecule has 23 heavy (non-hydrogen) atoms. The minimum Gasteiger partial charge on any atom is -0.494 e. The zero-order valence-electron chi connectivity index (χ0n) is 13.1. The normalized spacial score (nSPS) is 26.4. The number of likely N-dealkylation sites (tertiary alicyclic amines) is 1. The Morgan fingerprint density at radius 2 is 2.09 bits per heavy atom. The van der Waals surface area contributed by atoms with Gasteiger partial charge in [0.15, 0.2) is 5.75 Å². The van der Waals surface area contributed by atoms with Crippen molar-refractivity contribution in [3.05, 3.63) is 27.7 Å². The van der Waals surface area contributed by atoms with E-state index >= 15 is 0 Å². The number of methoxy groups -OCH3 is 2. The Morgan fingerprint density at radius 3 is 2.70 bits per heavy atom. The molecule has 0 spiro atoms. The topological polar surface area (TPSA) is 48.0 Å². The third kappa shape index (κ3) is 2.91. The smallest absolute Gasteiger partial charge is 0.253 e. The molecule has 0 unspecified atom stereocenters. The second-order valence-electron chi connectivity index (χ2n) is 6.17. The van der Waals surface area contributed by atoms with Gasteiger partial charge in [-0.25, -0.2) is 0 Å². The fourth-order valence-electron chi connectivity index (χ4n) is 3.54. The first kappa shape index (κ1) is 16.8. The molecule has 0 N–H and O–H groups in total. The van der Waals surface area contributed by atoms with Crippen LogP contribution in [-0.2, 0) is 9.47 Å². The fraction of sp³-hybridized carbons (Fsp3) is 0.562. The predicted molar refractivity (Wildman–Crippen MR) is 87.5 cm³/mol. The van der Waals surface area contributed by atoms with Gasteiger partial charge < -0.3 is 19.1 Å². The standard InChI is InChI=1S/C16H19Cl2NO4/c1-21-8-16-7-19(5-11(16)6-23-9-16)15(20)10-3-12(17)14(22-2)13(18)4-10/h3-4,11H,5-9H2,1-2H3/t11-,16-/m0/s1. The van der Waals surface area contributed by atoms with Gasteiger partial charge in [0.05, 0.1) is 37.0 Å². The Balaban J connectivity index is 1.82. The number of ether oxygens (including phenoxy) is 3. The molecular weight excluding hydrogens is 341 g/mol. The Bertz CT molecular complexity index is 601. The van der Waals surface area contributed by atoms with Gasteiger partial charge in [-0.3, -0.25) is 4.79 Å². The summed E-state index contributed by atoms with van der Waals surface area (Å²) in [6, 6.07) is 3.20. The van der Waals surface area contributed by atoms with E-state index < -0.39 is 0 Å². The maximum atomic E-state index is 12.8. The van der Waals surface area contributed by atoms with Gasteiger partial charge in [-0.2, -0.15) is 0 Å². The molecule has 0 radical (unpaired) electrons. The van der Waals surface area contributed by atoms with Crippen LogP contribution < -0.4 is 4.74 Å². The quantitative estimate of drug-likeness (QED) is 0.829. The van der Waals surface area contributed by atoms with Crippen LogP contribution in [0.4, 0.5) is 0 Å². The number of hydrogen-bond donors (Lipinski definition) is 0. The Hall–Kier alpha value is -1.01.